The number of hydrogen-bond acceptors (Lipinski definition) is 2. The highest BCUT2D eigenvalue weighted by molar-refractivity contribution is 9.10. The summed E-state index contributed by atoms with van der Waals surface area (Å²) in [5.74, 6) is -6.38. The van der Waals surface area contributed by atoms with Gasteiger partial charge in [0.25, 0.3) is 5.91 Å². The first-order chi connectivity index (χ1) is 12.9. The lowest BCUT2D eigenvalue weighted by Crippen LogP contribution is -2.34. The van der Waals surface area contributed by atoms with Gasteiger partial charge < -0.3 is 10.1 Å². The van der Waals surface area contributed by atoms with Crippen LogP contribution in [0, 0.1) is 0 Å². The Morgan fingerprint density at radius 2 is 1.64 bits per heavy atom. The topological polar surface area (TPSA) is 38.3 Å². The average molecular weight is 474 g/mol. The van der Waals surface area contributed by atoms with Crippen molar-refractivity contribution < 1.29 is 40.3 Å². The van der Waals surface area contributed by atoms with Gasteiger partial charge in [0, 0.05) is 15.7 Å². The molecule has 0 atom stereocenters. The minimum Gasteiger partial charge on any atom is -0.486 e. The lowest BCUT2D eigenvalue weighted by molar-refractivity contribution is -0.153. The van der Waals surface area contributed by atoms with Crippen molar-refractivity contribution in [3.8, 4) is 5.75 Å². The van der Waals surface area contributed by atoms with Gasteiger partial charge in [-0.3, -0.25) is 4.79 Å². The predicted molar refractivity (Wildman–Crippen MR) is 90.0 cm³/mol. The van der Waals surface area contributed by atoms with Crippen molar-refractivity contribution >= 4 is 27.5 Å². The molecule has 3 nitrogen and oxygen atoms in total. The Morgan fingerprint density at radius 1 is 1.04 bits per heavy atom. The maximum Gasteiger partial charge on any atom is 0.420 e. The van der Waals surface area contributed by atoms with Gasteiger partial charge in [0.15, 0.2) is 6.61 Å². The Labute approximate surface area is 162 Å². The van der Waals surface area contributed by atoms with Crippen LogP contribution in [-0.2, 0) is 6.18 Å². The summed E-state index contributed by atoms with van der Waals surface area (Å²) >= 11 is 3.17. The van der Waals surface area contributed by atoms with E-state index in [9.17, 15) is 35.5 Å². The van der Waals surface area contributed by atoms with Crippen molar-refractivity contribution in [3.63, 3.8) is 0 Å². The molecule has 0 radical (unpaired) electrons. The number of nitrogens with one attached hydrogen (secondary N) is 1. The quantitative estimate of drug-likeness (QED) is 0.522. The van der Waals surface area contributed by atoms with Crippen LogP contribution >= 0.6 is 15.9 Å². The van der Waals surface area contributed by atoms with E-state index < -0.39 is 42.4 Å². The molecular weight excluding hydrogens is 463 g/mol. The summed E-state index contributed by atoms with van der Waals surface area (Å²) < 4.78 is 94.6. The van der Waals surface area contributed by atoms with E-state index in [0.717, 1.165) is 6.07 Å². The number of amides is 1. The van der Waals surface area contributed by atoms with Crippen molar-refractivity contribution in [2.75, 3.05) is 11.9 Å². The molecule has 1 N–H and O–H groups in total. The second-order valence-electron chi connectivity index (χ2n) is 5.52. The second kappa shape index (κ2) is 8.38. The van der Waals surface area contributed by atoms with Crippen LogP contribution < -0.4 is 10.1 Å². The fourth-order valence-electron chi connectivity index (χ4n) is 2.00. The summed E-state index contributed by atoms with van der Waals surface area (Å²) in [6.07, 6.45) is -9.13. The Morgan fingerprint density at radius 3 is 2.18 bits per heavy atom. The predicted octanol–water partition coefficient (Wildman–Crippen LogP) is 6.00. The van der Waals surface area contributed by atoms with Crippen LogP contribution in [0.1, 0.15) is 15.9 Å². The molecule has 152 valence electrons. The van der Waals surface area contributed by atoms with Crippen LogP contribution in [-0.4, -0.2) is 24.9 Å². The summed E-state index contributed by atoms with van der Waals surface area (Å²) in [4.78, 5) is 12.1. The third-order valence-corrected chi connectivity index (χ3v) is 3.92. The molecule has 0 bridgehead atoms. The zero-order valence-electron chi connectivity index (χ0n) is 13.7. The molecular formula is C17H11BrF7NO2. The maximum atomic E-state index is 13.2. The first-order valence-corrected chi connectivity index (χ1v) is 8.26. The molecule has 0 spiro atoms. The molecule has 2 aromatic rings. The van der Waals surface area contributed by atoms with E-state index in [1.165, 1.54) is 12.1 Å². The number of carbonyl (C=O) groups excluding carboxylic acids is 1. The molecule has 0 saturated carbocycles. The zero-order valence-corrected chi connectivity index (χ0v) is 15.3. The van der Waals surface area contributed by atoms with Gasteiger partial charge in [0.1, 0.15) is 5.75 Å². The third kappa shape index (κ3) is 5.60. The summed E-state index contributed by atoms with van der Waals surface area (Å²) in [6.45, 7) is -1.93. The fourth-order valence-corrected chi connectivity index (χ4v) is 2.26. The number of carbonyl (C=O) groups is 1. The lowest BCUT2D eigenvalue weighted by Gasteiger charge is -2.19. The van der Waals surface area contributed by atoms with Crippen molar-refractivity contribution in [3.05, 3.63) is 58.1 Å². The molecule has 0 aliphatic rings. The number of anilines is 1. The standard InChI is InChI=1S/C17H11BrF7NO2/c18-10-3-1-9(2-4-10)14(27)26-11-5-6-13(12(7-11)17(23,24)25)28-8-16(21,22)15(19)20/h1-7,15H,8H2,(H,26,27). The monoisotopic (exact) mass is 473 g/mol. The fraction of sp³-hybridized carbons (Fsp3) is 0.235. The summed E-state index contributed by atoms with van der Waals surface area (Å²) in [5, 5.41) is 2.23. The van der Waals surface area contributed by atoms with Crippen molar-refractivity contribution in [2.24, 2.45) is 0 Å². The van der Waals surface area contributed by atoms with E-state index >= 15 is 0 Å². The minimum absolute atomic E-state index is 0.161. The number of hydrogen-bond donors (Lipinski definition) is 1. The van der Waals surface area contributed by atoms with Crippen LogP contribution in [0.25, 0.3) is 0 Å². The van der Waals surface area contributed by atoms with E-state index in [1.807, 2.05) is 0 Å². The van der Waals surface area contributed by atoms with Crippen LogP contribution in [0.2, 0.25) is 0 Å². The van der Waals surface area contributed by atoms with E-state index in [0.29, 0.717) is 16.6 Å². The van der Waals surface area contributed by atoms with Crippen LogP contribution in [0.4, 0.5) is 36.4 Å². The normalized spacial score (nSPS) is 12.2. The van der Waals surface area contributed by atoms with Crippen LogP contribution in [0.5, 0.6) is 5.75 Å². The number of rotatable bonds is 6. The summed E-state index contributed by atoms with van der Waals surface area (Å²) in [6, 6.07) is 8.06. The highest BCUT2D eigenvalue weighted by atomic mass is 79.9. The number of ether oxygens (including phenoxy) is 1. The minimum atomic E-state index is -5.03. The molecule has 28 heavy (non-hydrogen) atoms. The van der Waals surface area contributed by atoms with E-state index in [-0.39, 0.29) is 11.3 Å². The first kappa shape index (κ1) is 22.0. The number of alkyl halides is 7. The van der Waals surface area contributed by atoms with Crippen LogP contribution in [0.3, 0.4) is 0 Å². The van der Waals surface area contributed by atoms with Gasteiger partial charge >= 0.3 is 18.5 Å². The molecule has 11 heteroatoms. The molecule has 2 rings (SSSR count). The Bertz CT molecular complexity index is 838. The highest BCUT2D eigenvalue weighted by Gasteiger charge is 2.43. The van der Waals surface area contributed by atoms with Gasteiger partial charge in [-0.1, -0.05) is 15.9 Å². The average Bonchev–Trinajstić information content (AvgIpc) is 2.60. The summed E-state index contributed by atoms with van der Waals surface area (Å²) in [5.41, 5.74) is -1.62. The first-order valence-electron chi connectivity index (χ1n) is 7.47. The molecule has 0 saturated heterocycles. The zero-order chi connectivity index (χ0) is 21.1. The van der Waals surface area contributed by atoms with Gasteiger partial charge in [0.05, 0.1) is 5.56 Å². The Kier molecular flexibility index (Phi) is 6.58. The summed E-state index contributed by atoms with van der Waals surface area (Å²) in [7, 11) is 0. The van der Waals surface area contributed by atoms with Gasteiger partial charge in [-0.05, 0) is 42.5 Å². The molecule has 0 heterocycles. The number of halogens is 8. The largest absolute Gasteiger partial charge is 0.486 e. The van der Waals surface area contributed by atoms with E-state index in [4.69, 9.17) is 0 Å². The van der Waals surface area contributed by atoms with Gasteiger partial charge in [-0.2, -0.15) is 22.0 Å². The smallest absolute Gasteiger partial charge is 0.420 e. The van der Waals surface area contributed by atoms with Gasteiger partial charge in [-0.15, -0.1) is 0 Å². The molecule has 0 aromatic heterocycles. The molecule has 2 aromatic carbocycles. The Balaban J connectivity index is 2.24. The third-order valence-electron chi connectivity index (χ3n) is 3.39. The maximum absolute atomic E-state index is 13.2. The van der Waals surface area contributed by atoms with Gasteiger partial charge in [-0.25, -0.2) is 8.78 Å². The second-order valence-corrected chi connectivity index (χ2v) is 6.44. The number of benzene rings is 2. The van der Waals surface area contributed by atoms with E-state index in [2.05, 4.69) is 26.0 Å². The van der Waals surface area contributed by atoms with Crippen molar-refractivity contribution in [1.29, 1.82) is 0 Å². The molecule has 0 aliphatic heterocycles. The lowest BCUT2D eigenvalue weighted by atomic mass is 10.1. The molecule has 0 aliphatic carbocycles. The van der Waals surface area contributed by atoms with E-state index in [1.54, 1.807) is 12.1 Å². The molecule has 0 fully saturated rings. The van der Waals surface area contributed by atoms with Gasteiger partial charge in [0.2, 0.25) is 0 Å². The molecule has 1 amide bonds. The molecule has 0 unspecified atom stereocenters. The Hall–Kier alpha value is -2.30. The highest BCUT2D eigenvalue weighted by Crippen LogP contribution is 2.38. The SMILES string of the molecule is O=C(Nc1ccc(OCC(F)(F)C(F)F)c(C(F)(F)F)c1)c1ccc(Br)cc1. The van der Waals surface area contributed by atoms with Crippen molar-refractivity contribution in [2.45, 2.75) is 18.5 Å². The van der Waals surface area contributed by atoms with Crippen LogP contribution in [0.15, 0.2) is 46.9 Å². The van der Waals surface area contributed by atoms with Crippen molar-refractivity contribution in [1.82, 2.24) is 0 Å².